The highest BCUT2D eigenvalue weighted by Crippen LogP contribution is 2.25. The molecule has 0 unspecified atom stereocenters. The number of hydrogen-bond donors (Lipinski definition) is 1. The summed E-state index contributed by atoms with van der Waals surface area (Å²) < 4.78 is 10.8. The van der Waals surface area contributed by atoms with E-state index in [1.54, 1.807) is 19.2 Å². The number of nitrogens with one attached hydrogen (secondary N) is 1. The smallest absolute Gasteiger partial charge is 0.270 e. The summed E-state index contributed by atoms with van der Waals surface area (Å²) in [6, 6.07) is 14.4. The molecular weight excluding hydrogens is 296 g/mol. The zero-order valence-electron chi connectivity index (χ0n) is 13.0. The van der Waals surface area contributed by atoms with E-state index in [1.807, 2.05) is 30.3 Å². The van der Waals surface area contributed by atoms with Gasteiger partial charge in [0.1, 0.15) is 12.4 Å². The van der Waals surface area contributed by atoms with Gasteiger partial charge < -0.3 is 14.8 Å². The molecule has 6 nitrogen and oxygen atoms in total. The highest BCUT2D eigenvalue weighted by Gasteiger charge is 2.12. The Morgan fingerprint density at radius 1 is 1.17 bits per heavy atom. The number of rotatable bonds is 9. The Labute approximate surface area is 135 Å². The van der Waals surface area contributed by atoms with E-state index in [-0.39, 0.29) is 5.69 Å². The highest BCUT2D eigenvalue weighted by molar-refractivity contribution is 5.44. The van der Waals surface area contributed by atoms with Crippen LogP contribution in [0.2, 0.25) is 0 Å². The van der Waals surface area contributed by atoms with Crippen molar-refractivity contribution in [1.29, 1.82) is 0 Å². The lowest BCUT2D eigenvalue weighted by atomic mass is 10.1. The molecule has 0 aliphatic carbocycles. The average Bonchev–Trinajstić information content (AvgIpc) is 2.58. The van der Waals surface area contributed by atoms with E-state index in [0.29, 0.717) is 32.1 Å². The Bertz CT molecular complexity index is 632. The van der Waals surface area contributed by atoms with Crippen LogP contribution < -0.4 is 10.1 Å². The second-order valence-electron chi connectivity index (χ2n) is 4.99. The van der Waals surface area contributed by atoms with Crippen molar-refractivity contribution < 1.29 is 14.4 Å². The fourth-order valence-electron chi connectivity index (χ4n) is 2.09. The second-order valence-corrected chi connectivity index (χ2v) is 4.99. The van der Waals surface area contributed by atoms with Gasteiger partial charge in [-0.05, 0) is 11.6 Å². The largest absolute Gasteiger partial charge is 0.489 e. The first-order valence-electron chi connectivity index (χ1n) is 7.34. The summed E-state index contributed by atoms with van der Waals surface area (Å²) in [6.07, 6.45) is 0. The first-order valence-corrected chi connectivity index (χ1v) is 7.34. The molecular formula is C17H20N2O4. The molecule has 0 heterocycles. The topological polar surface area (TPSA) is 73.6 Å². The highest BCUT2D eigenvalue weighted by atomic mass is 16.6. The SMILES string of the molecule is COCCNCc1cc([N+](=O)[O-])ccc1OCc1ccccc1. The summed E-state index contributed by atoms with van der Waals surface area (Å²) in [5.41, 5.74) is 1.86. The minimum Gasteiger partial charge on any atom is -0.489 e. The van der Waals surface area contributed by atoms with Crippen molar-refractivity contribution >= 4 is 5.69 Å². The number of hydrogen-bond acceptors (Lipinski definition) is 5. The maximum Gasteiger partial charge on any atom is 0.270 e. The van der Waals surface area contributed by atoms with Gasteiger partial charge in [-0.25, -0.2) is 0 Å². The summed E-state index contributed by atoms with van der Waals surface area (Å²) >= 11 is 0. The minimum atomic E-state index is -0.403. The molecule has 2 rings (SSSR count). The van der Waals surface area contributed by atoms with Crippen LogP contribution in [0.3, 0.4) is 0 Å². The lowest BCUT2D eigenvalue weighted by Crippen LogP contribution is -2.19. The van der Waals surface area contributed by atoms with E-state index in [4.69, 9.17) is 9.47 Å². The third kappa shape index (κ3) is 5.36. The third-order valence-electron chi connectivity index (χ3n) is 3.29. The summed E-state index contributed by atoms with van der Waals surface area (Å²) in [4.78, 5) is 10.5. The molecule has 0 fully saturated rings. The molecule has 122 valence electrons. The number of methoxy groups -OCH3 is 1. The molecule has 0 saturated carbocycles. The Balaban J connectivity index is 2.07. The molecule has 0 aromatic heterocycles. The summed E-state index contributed by atoms with van der Waals surface area (Å²) in [5, 5.41) is 14.1. The number of non-ortho nitro benzene ring substituents is 1. The van der Waals surface area contributed by atoms with Gasteiger partial charge in [0.15, 0.2) is 0 Å². The monoisotopic (exact) mass is 316 g/mol. The molecule has 23 heavy (non-hydrogen) atoms. The minimum absolute atomic E-state index is 0.0561. The normalized spacial score (nSPS) is 10.5. The van der Waals surface area contributed by atoms with Crippen LogP contribution in [0.5, 0.6) is 5.75 Å². The molecule has 0 radical (unpaired) electrons. The van der Waals surface area contributed by atoms with Crippen molar-refractivity contribution in [2.24, 2.45) is 0 Å². The molecule has 0 spiro atoms. The average molecular weight is 316 g/mol. The van der Waals surface area contributed by atoms with E-state index >= 15 is 0 Å². The predicted octanol–water partition coefficient (Wildman–Crippen LogP) is 2.91. The van der Waals surface area contributed by atoms with Crippen molar-refractivity contribution in [2.75, 3.05) is 20.3 Å². The van der Waals surface area contributed by atoms with Gasteiger partial charge in [-0.1, -0.05) is 30.3 Å². The van der Waals surface area contributed by atoms with Crippen LogP contribution >= 0.6 is 0 Å². The van der Waals surface area contributed by atoms with Crippen LogP contribution in [0.4, 0.5) is 5.69 Å². The molecule has 0 bridgehead atoms. The number of nitrogens with zero attached hydrogens (tertiary/aromatic N) is 1. The Morgan fingerprint density at radius 3 is 2.65 bits per heavy atom. The second kappa shape index (κ2) is 8.87. The van der Waals surface area contributed by atoms with Crippen LogP contribution in [0.15, 0.2) is 48.5 Å². The van der Waals surface area contributed by atoms with E-state index in [0.717, 1.165) is 11.1 Å². The van der Waals surface area contributed by atoms with E-state index in [9.17, 15) is 10.1 Å². The van der Waals surface area contributed by atoms with Crippen molar-refractivity contribution in [3.63, 3.8) is 0 Å². The number of ether oxygens (including phenoxy) is 2. The number of nitro benzene ring substituents is 1. The summed E-state index contributed by atoms with van der Waals surface area (Å²) in [6.45, 7) is 2.14. The van der Waals surface area contributed by atoms with Crippen LogP contribution in [-0.4, -0.2) is 25.2 Å². The van der Waals surface area contributed by atoms with E-state index in [1.165, 1.54) is 6.07 Å². The van der Waals surface area contributed by atoms with E-state index in [2.05, 4.69) is 5.32 Å². The Kier molecular flexibility index (Phi) is 6.53. The van der Waals surface area contributed by atoms with Crippen LogP contribution in [0.25, 0.3) is 0 Å². The fourth-order valence-corrected chi connectivity index (χ4v) is 2.09. The van der Waals surface area contributed by atoms with Crippen molar-refractivity contribution in [3.05, 3.63) is 69.8 Å². The van der Waals surface area contributed by atoms with Crippen molar-refractivity contribution in [1.82, 2.24) is 5.32 Å². The van der Waals surface area contributed by atoms with E-state index < -0.39 is 4.92 Å². The Hall–Kier alpha value is -2.44. The maximum atomic E-state index is 10.9. The third-order valence-corrected chi connectivity index (χ3v) is 3.29. The number of benzene rings is 2. The summed E-state index contributed by atoms with van der Waals surface area (Å²) in [7, 11) is 1.63. The van der Waals surface area contributed by atoms with Crippen LogP contribution in [0, 0.1) is 10.1 Å². The predicted molar refractivity (Wildman–Crippen MR) is 87.5 cm³/mol. The molecule has 2 aromatic carbocycles. The van der Waals surface area contributed by atoms with Gasteiger partial charge in [0, 0.05) is 37.9 Å². The van der Waals surface area contributed by atoms with Crippen LogP contribution in [0.1, 0.15) is 11.1 Å². The fraction of sp³-hybridized carbons (Fsp3) is 0.294. The zero-order valence-corrected chi connectivity index (χ0v) is 13.0. The number of nitro groups is 1. The lowest BCUT2D eigenvalue weighted by Gasteiger charge is -2.12. The molecule has 0 saturated heterocycles. The summed E-state index contributed by atoms with van der Waals surface area (Å²) in [5.74, 6) is 0.643. The molecule has 6 heteroatoms. The molecule has 1 N–H and O–H groups in total. The molecule has 0 amide bonds. The molecule has 0 aliphatic heterocycles. The van der Waals surface area contributed by atoms with Crippen molar-refractivity contribution in [2.45, 2.75) is 13.2 Å². The van der Waals surface area contributed by atoms with Gasteiger partial charge in [-0.15, -0.1) is 0 Å². The molecule has 2 aromatic rings. The van der Waals surface area contributed by atoms with Gasteiger partial charge in [0.2, 0.25) is 0 Å². The first-order chi connectivity index (χ1) is 11.2. The van der Waals surface area contributed by atoms with Gasteiger partial charge in [0.05, 0.1) is 11.5 Å². The van der Waals surface area contributed by atoms with Crippen molar-refractivity contribution in [3.8, 4) is 5.75 Å². The Morgan fingerprint density at radius 2 is 1.96 bits per heavy atom. The van der Waals surface area contributed by atoms with Gasteiger partial charge >= 0.3 is 0 Å². The standard InChI is InChI=1S/C17H20N2O4/c1-22-10-9-18-12-15-11-16(19(20)21)7-8-17(15)23-13-14-5-3-2-4-6-14/h2-8,11,18H,9-10,12-13H2,1H3. The lowest BCUT2D eigenvalue weighted by molar-refractivity contribution is -0.384. The van der Waals surface area contributed by atoms with Gasteiger partial charge in [-0.3, -0.25) is 10.1 Å². The zero-order chi connectivity index (χ0) is 16.5. The van der Waals surface area contributed by atoms with Gasteiger partial charge in [0.25, 0.3) is 5.69 Å². The van der Waals surface area contributed by atoms with Crippen LogP contribution in [-0.2, 0) is 17.9 Å². The molecule has 0 atom stereocenters. The maximum absolute atomic E-state index is 10.9. The van der Waals surface area contributed by atoms with Gasteiger partial charge in [-0.2, -0.15) is 0 Å². The molecule has 0 aliphatic rings. The quantitative estimate of drug-likeness (QED) is 0.437. The first kappa shape index (κ1) is 16.9.